The molecule has 0 amide bonds. The van der Waals surface area contributed by atoms with Gasteiger partial charge in [-0.1, -0.05) is 31.4 Å². The molecule has 0 heterocycles. The lowest BCUT2D eigenvalue weighted by Crippen LogP contribution is -2.13. The Bertz CT molecular complexity index is 358. The van der Waals surface area contributed by atoms with Gasteiger partial charge in [-0.05, 0) is 36.5 Å². The molecule has 1 aliphatic carbocycles. The highest BCUT2D eigenvalue weighted by Gasteiger charge is 2.22. The molecular weight excluding hydrogens is 220 g/mol. The fourth-order valence-electron chi connectivity index (χ4n) is 2.25. The summed E-state index contributed by atoms with van der Waals surface area (Å²) in [5, 5.41) is 0.162. The third-order valence-electron chi connectivity index (χ3n) is 3.55. The first-order chi connectivity index (χ1) is 7.70. The van der Waals surface area contributed by atoms with Crippen molar-refractivity contribution in [2.24, 2.45) is 5.92 Å². The van der Waals surface area contributed by atoms with Crippen LogP contribution >= 0.6 is 11.6 Å². The summed E-state index contributed by atoms with van der Waals surface area (Å²) in [5.74, 6) is 1.79. The van der Waals surface area contributed by atoms with Gasteiger partial charge in [-0.15, -0.1) is 11.6 Å². The first kappa shape index (κ1) is 11.8. The quantitative estimate of drug-likeness (QED) is 0.703. The molecule has 1 aromatic carbocycles. The molecule has 0 bridgehead atoms. The van der Waals surface area contributed by atoms with E-state index in [-0.39, 0.29) is 5.38 Å². The first-order valence-corrected chi connectivity index (χ1v) is 6.43. The number of methoxy groups -OCH3 is 1. The minimum Gasteiger partial charge on any atom is -0.496 e. The van der Waals surface area contributed by atoms with E-state index in [4.69, 9.17) is 16.3 Å². The van der Waals surface area contributed by atoms with E-state index in [0.717, 1.165) is 18.1 Å². The number of benzene rings is 1. The van der Waals surface area contributed by atoms with Crippen molar-refractivity contribution in [1.29, 1.82) is 0 Å². The number of aryl methyl sites for hydroxylation is 1. The summed E-state index contributed by atoms with van der Waals surface area (Å²) in [4.78, 5) is 0. The Labute approximate surface area is 103 Å². The Morgan fingerprint density at radius 2 is 2.19 bits per heavy atom. The standard InChI is InChI=1S/C14H19ClO/c1-10-8-12(6-7-14(10)16-2)13(15)9-11-4-3-5-11/h6-8,11,13H,3-5,9H2,1-2H3. The van der Waals surface area contributed by atoms with E-state index in [1.807, 2.05) is 6.07 Å². The van der Waals surface area contributed by atoms with Crippen LogP contribution in [-0.2, 0) is 0 Å². The maximum absolute atomic E-state index is 6.44. The van der Waals surface area contributed by atoms with Gasteiger partial charge in [0.25, 0.3) is 0 Å². The van der Waals surface area contributed by atoms with Crippen LogP contribution in [0.4, 0.5) is 0 Å². The molecule has 0 saturated heterocycles. The zero-order valence-electron chi connectivity index (χ0n) is 10.0. The third kappa shape index (κ3) is 2.52. The maximum atomic E-state index is 6.44. The number of alkyl halides is 1. The van der Waals surface area contributed by atoms with Gasteiger partial charge in [0.15, 0.2) is 0 Å². The molecule has 0 aromatic heterocycles. The van der Waals surface area contributed by atoms with Crippen LogP contribution in [0.3, 0.4) is 0 Å². The molecule has 0 radical (unpaired) electrons. The van der Waals surface area contributed by atoms with Gasteiger partial charge < -0.3 is 4.74 Å². The van der Waals surface area contributed by atoms with E-state index in [1.54, 1.807) is 7.11 Å². The molecule has 16 heavy (non-hydrogen) atoms. The summed E-state index contributed by atoms with van der Waals surface area (Å²) >= 11 is 6.44. The van der Waals surface area contributed by atoms with E-state index in [2.05, 4.69) is 19.1 Å². The predicted molar refractivity (Wildman–Crippen MR) is 68.3 cm³/mol. The minimum atomic E-state index is 0.162. The molecular formula is C14H19ClO. The second kappa shape index (κ2) is 5.09. The van der Waals surface area contributed by atoms with E-state index in [0.29, 0.717) is 0 Å². The summed E-state index contributed by atoms with van der Waals surface area (Å²) in [5.41, 5.74) is 2.39. The maximum Gasteiger partial charge on any atom is 0.121 e. The van der Waals surface area contributed by atoms with Gasteiger partial charge in [-0.3, -0.25) is 0 Å². The fourth-order valence-corrected chi connectivity index (χ4v) is 2.64. The number of hydrogen-bond donors (Lipinski definition) is 0. The summed E-state index contributed by atoms with van der Waals surface area (Å²) in [7, 11) is 1.70. The highest BCUT2D eigenvalue weighted by molar-refractivity contribution is 6.20. The average molecular weight is 239 g/mol. The van der Waals surface area contributed by atoms with E-state index >= 15 is 0 Å². The van der Waals surface area contributed by atoms with Gasteiger partial charge >= 0.3 is 0 Å². The van der Waals surface area contributed by atoms with Gasteiger partial charge in [0.1, 0.15) is 5.75 Å². The first-order valence-electron chi connectivity index (χ1n) is 5.99. The summed E-state index contributed by atoms with van der Waals surface area (Å²) in [6, 6.07) is 6.25. The van der Waals surface area contributed by atoms with Crippen molar-refractivity contribution in [3.8, 4) is 5.75 Å². The second-order valence-electron chi connectivity index (χ2n) is 4.73. The molecule has 1 nitrogen and oxygen atoms in total. The zero-order chi connectivity index (χ0) is 11.5. The lowest BCUT2D eigenvalue weighted by molar-refractivity contribution is 0.293. The molecule has 2 heteroatoms. The molecule has 0 N–H and O–H groups in total. The monoisotopic (exact) mass is 238 g/mol. The van der Waals surface area contributed by atoms with Crippen LogP contribution < -0.4 is 4.74 Å². The average Bonchev–Trinajstić information content (AvgIpc) is 2.23. The number of rotatable bonds is 4. The lowest BCUT2D eigenvalue weighted by Gasteiger charge is -2.27. The van der Waals surface area contributed by atoms with Crippen LogP contribution in [0.25, 0.3) is 0 Å². The van der Waals surface area contributed by atoms with Crippen LogP contribution in [0.2, 0.25) is 0 Å². The van der Waals surface area contributed by atoms with Crippen molar-refractivity contribution >= 4 is 11.6 Å². The van der Waals surface area contributed by atoms with E-state index in [9.17, 15) is 0 Å². The topological polar surface area (TPSA) is 9.23 Å². The highest BCUT2D eigenvalue weighted by Crippen LogP contribution is 2.38. The van der Waals surface area contributed by atoms with Crippen molar-refractivity contribution in [1.82, 2.24) is 0 Å². The molecule has 1 fully saturated rings. The van der Waals surface area contributed by atoms with Crippen molar-refractivity contribution in [2.75, 3.05) is 7.11 Å². The summed E-state index contributed by atoms with van der Waals surface area (Å²) < 4.78 is 5.25. The van der Waals surface area contributed by atoms with Gasteiger partial charge in [-0.25, -0.2) is 0 Å². The third-order valence-corrected chi connectivity index (χ3v) is 3.98. The zero-order valence-corrected chi connectivity index (χ0v) is 10.8. The van der Waals surface area contributed by atoms with Crippen LogP contribution in [0.15, 0.2) is 18.2 Å². The van der Waals surface area contributed by atoms with Gasteiger partial charge in [0.05, 0.1) is 12.5 Å². The van der Waals surface area contributed by atoms with Crippen molar-refractivity contribution < 1.29 is 4.74 Å². The normalized spacial score (nSPS) is 17.9. The van der Waals surface area contributed by atoms with Gasteiger partial charge in [0, 0.05) is 0 Å². The molecule has 0 spiro atoms. The van der Waals surface area contributed by atoms with Crippen LogP contribution in [0.5, 0.6) is 5.75 Å². The van der Waals surface area contributed by atoms with Gasteiger partial charge in [-0.2, -0.15) is 0 Å². The Kier molecular flexibility index (Phi) is 3.75. The fraction of sp³-hybridized carbons (Fsp3) is 0.571. The Hall–Kier alpha value is -0.690. The summed E-state index contributed by atoms with van der Waals surface area (Å²) in [6.07, 6.45) is 5.22. The Balaban J connectivity index is 2.04. The number of hydrogen-bond acceptors (Lipinski definition) is 1. The van der Waals surface area contributed by atoms with Crippen LogP contribution in [0, 0.1) is 12.8 Å². The van der Waals surface area contributed by atoms with E-state index in [1.165, 1.54) is 30.4 Å². The summed E-state index contributed by atoms with van der Waals surface area (Å²) in [6.45, 7) is 2.06. The van der Waals surface area contributed by atoms with Gasteiger partial charge in [0.2, 0.25) is 0 Å². The lowest BCUT2D eigenvalue weighted by atomic mass is 9.81. The SMILES string of the molecule is COc1ccc(C(Cl)CC2CCC2)cc1C. The molecule has 1 unspecified atom stereocenters. The molecule has 1 atom stereocenters. The Morgan fingerprint density at radius 3 is 2.69 bits per heavy atom. The van der Waals surface area contributed by atoms with E-state index < -0.39 is 0 Å². The number of ether oxygens (including phenoxy) is 1. The smallest absolute Gasteiger partial charge is 0.121 e. The number of halogens is 1. The molecule has 1 saturated carbocycles. The largest absolute Gasteiger partial charge is 0.496 e. The molecule has 1 aliphatic rings. The van der Waals surface area contributed by atoms with Crippen molar-refractivity contribution in [3.05, 3.63) is 29.3 Å². The van der Waals surface area contributed by atoms with Crippen molar-refractivity contribution in [2.45, 2.75) is 38.0 Å². The molecule has 88 valence electrons. The van der Waals surface area contributed by atoms with Crippen LogP contribution in [-0.4, -0.2) is 7.11 Å². The predicted octanol–water partition coefficient (Wildman–Crippen LogP) is 4.47. The molecule has 2 rings (SSSR count). The molecule has 1 aromatic rings. The van der Waals surface area contributed by atoms with Crippen molar-refractivity contribution in [3.63, 3.8) is 0 Å². The highest BCUT2D eigenvalue weighted by atomic mass is 35.5. The minimum absolute atomic E-state index is 0.162. The second-order valence-corrected chi connectivity index (χ2v) is 5.26. The molecule has 0 aliphatic heterocycles. The Morgan fingerprint density at radius 1 is 1.44 bits per heavy atom. The van der Waals surface area contributed by atoms with Crippen LogP contribution in [0.1, 0.15) is 42.2 Å².